The monoisotopic (exact) mass is 248 g/mol. The molecule has 2 rings (SSSR count). The Balaban J connectivity index is 2.01. The molecule has 2 heterocycles. The number of amidine groups is 1. The molecule has 0 unspecified atom stereocenters. The lowest BCUT2D eigenvalue weighted by Gasteiger charge is -2.10. The summed E-state index contributed by atoms with van der Waals surface area (Å²) in [6, 6.07) is 0. The van der Waals surface area contributed by atoms with Gasteiger partial charge in [-0.1, -0.05) is 26.7 Å². The van der Waals surface area contributed by atoms with E-state index in [2.05, 4.69) is 23.8 Å². The van der Waals surface area contributed by atoms with Crippen molar-refractivity contribution in [3.8, 4) is 0 Å². The van der Waals surface area contributed by atoms with E-state index in [0.717, 1.165) is 18.9 Å². The lowest BCUT2D eigenvalue weighted by atomic mass is 10.1. The number of fused-ring (bicyclic) bond motifs is 1. The fourth-order valence-corrected chi connectivity index (χ4v) is 2.11. The second-order valence-corrected chi connectivity index (χ2v) is 5.20. The van der Waals surface area contributed by atoms with Crippen LogP contribution in [0.2, 0.25) is 0 Å². The zero-order valence-electron chi connectivity index (χ0n) is 11.0. The topological polar surface area (TPSA) is 73.3 Å². The minimum absolute atomic E-state index is 0.0292. The molecular weight excluding hydrogens is 228 g/mol. The first-order valence-electron chi connectivity index (χ1n) is 6.49. The van der Waals surface area contributed by atoms with Crippen LogP contribution in [0.25, 0.3) is 0 Å². The average molecular weight is 248 g/mol. The van der Waals surface area contributed by atoms with Crippen molar-refractivity contribution in [1.29, 1.82) is 0 Å². The third-order valence-electron chi connectivity index (χ3n) is 3.10. The summed E-state index contributed by atoms with van der Waals surface area (Å²) in [6.07, 6.45) is 5.36. The predicted molar refractivity (Wildman–Crippen MR) is 71.1 cm³/mol. The molecule has 0 aliphatic carbocycles. The molecule has 5 nitrogen and oxygen atoms in total. The fourth-order valence-electron chi connectivity index (χ4n) is 2.11. The number of ketones is 1. The average Bonchev–Trinajstić information content (AvgIpc) is 2.67. The Labute approximate surface area is 107 Å². The number of Topliss-reactive ketones (excluding diaryl/α,β-unsaturated/α-hetero) is 1. The number of hydrogen-bond acceptors (Lipinski definition) is 4. The van der Waals surface area contributed by atoms with Gasteiger partial charge < -0.3 is 10.3 Å². The third-order valence-corrected chi connectivity index (χ3v) is 3.10. The number of nitrogens with zero attached hydrogens (tertiary/aromatic N) is 3. The number of carbonyl (C=O) groups excluding carboxylic acids is 1. The van der Waals surface area contributed by atoms with E-state index in [-0.39, 0.29) is 12.2 Å². The molecule has 1 aliphatic heterocycles. The van der Waals surface area contributed by atoms with Gasteiger partial charge in [0.1, 0.15) is 5.84 Å². The van der Waals surface area contributed by atoms with Gasteiger partial charge in [-0.2, -0.15) is 0 Å². The van der Waals surface area contributed by atoms with Gasteiger partial charge in [0.25, 0.3) is 0 Å². The van der Waals surface area contributed by atoms with Gasteiger partial charge in [-0.15, -0.1) is 0 Å². The first-order valence-corrected chi connectivity index (χ1v) is 6.49. The summed E-state index contributed by atoms with van der Waals surface area (Å²) in [5, 5.41) is 0. The number of aryl methyl sites for hydroxylation is 1. The summed E-state index contributed by atoms with van der Waals surface area (Å²) in [5.41, 5.74) is 6.12. The van der Waals surface area contributed by atoms with E-state index in [9.17, 15) is 4.79 Å². The van der Waals surface area contributed by atoms with Gasteiger partial charge in [-0.3, -0.25) is 4.79 Å². The van der Waals surface area contributed by atoms with E-state index < -0.39 is 0 Å². The molecule has 1 aromatic rings. The summed E-state index contributed by atoms with van der Waals surface area (Å²) >= 11 is 0. The molecule has 5 heteroatoms. The predicted octanol–water partition coefficient (Wildman–Crippen LogP) is 2.28. The smallest absolute Gasteiger partial charge is 0.192 e. The Hall–Kier alpha value is -1.65. The lowest BCUT2D eigenvalue weighted by molar-refractivity contribution is 0.0995. The molecule has 0 radical (unpaired) electrons. The maximum Gasteiger partial charge on any atom is 0.192 e. The highest BCUT2D eigenvalue weighted by atomic mass is 16.1. The molecule has 0 bridgehead atoms. The zero-order chi connectivity index (χ0) is 13.1. The van der Waals surface area contributed by atoms with Crippen LogP contribution in [-0.4, -0.2) is 21.2 Å². The van der Waals surface area contributed by atoms with Gasteiger partial charge in [-0.05, 0) is 12.3 Å². The van der Waals surface area contributed by atoms with Gasteiger partial charge in [0, 0.05) is 6.54 Å². The largest absolute Gasteiger partial charge is 0.387 e. The number of unbranched alkanes of at least 4 members (excludes halogenated alkanes) is 1. The van der Waals surface area contributed by atoms with Crippen LogP contribution in [0, 0.1) is 5.92 Å². The van der Waals surface area contributed by atoms with Crippen LogP contribution < -0.4 is 5.73 Å². The number of carbonyl (C=O) groups is 1. The molecule has 0 saturated heterocycles. The summed E-state index contributed by atoms with van der Waals surface area (Å²) in [6.45, 7) is 5.30. The van der Waals surface area contributed by atoms with Gasteiger partial charge >= 0.3 is 0 Å². The van der Waals surface area contributed by atoms with Crippen molar-refractivity contribution in [2.45, 2.75) is 46.1 Å². The molecule has 0 saturated carbocycles. The van der Waals surface area contributed by atoms with Crippen molar-refractivity contribution in [3.63, 3.8) is 0 Å². The summed E-state index contributed by atoms with van der Waals surface area (Å²) in [7, 11) is 0. The van der Waals surface area contributed by atoms with Crippen LogP contribution in [0.4, 0.5) is 5.82 Å². The maximum absolute atomic E-state index is 11.7. The molecule has 1 aliphatic rings. The molecular formula is C13H20N4O. The number of rotatable bonds is 5. The van der Waals surface area contributed by atoms with Crippen molar-refractivity contribution in [1.82, 2.24) is 9.55 Å². The van der Waals surface area contributed by atoms with E-state index in [1.54, 1.807) is 6.33 Å². The van der Waals surface area contributed by atoms with Crippen LogP contribution in [0.5, 0.6) is 0 Å². The minimum Gasteiger partial charge on any atom is -0.387 e. The Morgan fingerprint density at radius 3 is 2.94 bits per heavy atom. The van der Waals surface area contributed by atoms with Gasteiger partial charge in [0.2, 0.25) is 0 Å². The molecule has 0 aromatic carbocycles. The van der Waals surface area contributed by atoms with Crippen molar-refractivity contribution in [2.75, 3.05) is 0 Å². The summed E-state index contributed by atoms with van der Waals surface area (Å²) in [5.74, 6) is 1.72. The van der Waals surface area contributed by atoms with E-state index in [1.807, 2.05) is 4.57 Å². The number of nitrogens with two attached hydrogens (primary N) is 1. The molecule has 0 amide bonds. The Bertz CT molecular complexity index is 473. The van der Waals surface area contributed by atoms with Crippen LogP contribution in [0.15, 0.2) is 11.3 Å². The fraction of sp³-hybridized carbons (Fsp3) is 0.615. The van der Waals surface area contributed by atoms with Crippen molar-refractivity contribution in [2.24, 2.45) is 16.6 Å². The highest BCUT2D eigenvalue weighted by Crippen LogP contribution is 2.24. The highest BCUT2D eigenvalue weighted by Gasteiger charge is 2.23. The Morgan fingerprint density at radius 1 is 1.44 bits per heavy atom. The summed E-state index contributed by atoms with van der Waals surface area (Å²) < 4.78 is 1.93. The first-order chi connectivity index (χ1) is 8.58. The number of aliphatic imine (C=N–C) groups is 1. The van der Waals surface area contributed by atoms with E-state index in [4.69, 9.17) is 5.73 Å². The first kappa shape index (κ1) is 12.8. The highest BCUT2D eigenvalue weighted by molar-refractivity contribution is 6.13. The van der Waals surface area contributed by atoms with Gasteiger partial charge in [0.05, 0.1) is 12.7 Å². The second-order valence-electron chi connectivity index (χ2n) is 5.20. The number of aromatic nitrogens is 2. The SMILES string of the molecule is CC(C)CCCCn1cnc2c1N=C(N)CC2=O. The number of imidazole rings is 1. The van der Waals surface area contributed by atoms with Crippen molar-refractivity contribution in [3.05, 3.63) is 12.0 Å². The van der Waals surface area contributed by atoms with E-state index in [1.165, 1.54) is 12.8 Å². The number of hydrogen-bond donors (Lipinski definition) is 1. The molecule has 1 aromatic heterocycles. The third kappa shape index (κ3) is 2.78. The van der Waals surface area contributed by atoms with E-state index >= 15 is 0 Å². The van der Waals surface area contributed by atoms with Crippen LogP contribution in [0.3, 0.4) is 0 Å². The summed E-state index contributed by atoms with van der Waals surface area (Å²) in [4.78, 5) is 20.1. The molecule has 18 heavy (non-hydrogen) atoms. The Kier molecular flexibility index (Phi) is 3.79. The van der Waals surface area contributed by atoms with E-state index in [0.29, 0.717) is 17.3 Å². The van der Waals surface area contributed by atoms with Crippen molar-refractivity contribution >= 4 is 17.4 Å². The lowest BCUT2D eigenvalue weighted by Crippen LogP contribution is -2.21. The quantitative estimate of drug-likeness (QED) is 0.812. The van der Waals surface area contributed by atoms with Gasteiger partial charge in [-0.25, -0.2) is 9.98 Å². The Morgan fingerprint density at radius 2 is 2.22 bits per heavy atom. The molecule has 0 atom stereocenters. The molecule has 2 N–H and O–H groups in total. The molecule has 0 fully saturated rings. The standard InChI is InChI=1S/C13H20N4O/c1-9(2)5-3-4-6-17-8-15-12-10(18)7-11(14)16-13(12)17/h8-9H,3-7H2,1-2H3,(H2,14,16). The minimum atomic E-state index is -0.0292. The normalized spacial score (nSPS) is 14.8. The van der Waals surface area contributed by atoms with Gasteiger partial charge in [0.15, 0.2) is 17.3 Å². The molecule has 98 valence electrons. The van der Waals surface area contributed by atoms with Crippen LogP contribution in [-0.2, 0) is 6.54 Å². The van der Waals surface area contributed by atoms with Crippen molar-refractivity contribution < 1.29 is 4.79 Å². The maximum atomic E-state index is 11.7. The zero-order valence-corrected chi connectivity index (χ0v) is 11.0. The van der Waals surface area contributed by atoms with Crippen LogP contribution in [0.1, 0.15) is 50.0 Å². The second kappa shape index (κ2) is 5.33. The molecule has 0 spiro atoms. The van der Waals surface area contributed by atoms with Crippen LogP contribution >= 0.6 is 0 Å².